The van der Waals surface area contributed by atoms with E-state index in [2.05, 4.69) is 10.3 Å². The Labute approximate surface area is 118 Å². The number of rotatable bonds is 5. The highest BCUT2D eigenvalue weighted by Crippen LogP contribution is 2.18. The normalized spacial score (nSPS) is 12.9. The third-order valence-corrected chi connectivity index (χ3v) is 3.16. The van der Waals surface area contributed by atoms with Crippen LogP contribution in [-0.4, -0.2) is 17.4 Å². The molecule has 0 aliphatic rings. The van der Waals surface area contributed by atoms with E-state index in [1.807, 2.05) is 19.2 Å². The third kappa shape index (κ3) is 5.68. The van der Waals surface area contributed by atoms with Crippen LogP contribution < -0.4 is 11.1 Å². The average molecular weight is 300 g/mol. The Hall–Kier alpha value is -0.360. The largest absolute Gasteiger partial charge is 0.347 e. The van der Waals surface area contributed by atoms with E-state index >= 15 is 0 Å². The minimum Gasteiger partial charge on any atom is -0.347 e. The number of nitrogens with zero attached hydrogens (tertiary/aromatic N) is 1. The number of carbonyl (C=O) groups excluding carboxylic acids is 1. The van der Waals surface area contributed by atoms with Gasteiger partial charge in [0.15, 0.2) is 0 Å². The zero-order chi connectivity index (χ0) is 11.3. The highest BCUT2D eigenvalue weighted by molar-refractivity contribution is 7.09. The molecule has 1 heterocycles. The second kappa shape index (κ2) is 9.65. The van der Waals surface area contributed by atoms with Crippen molar-refractivity contribution in [2.45, 2.75) is 26.3 Å². The fourth-order valence-electron chi connectivity index (χ4n) is 1.17. The summed E-state index contributed by atoms with van der Waals surface area (Å²) in [5.41, 5.74) is 5.43. The second-order valence-electron chi connectivity index (χ2n) is 3.48. The van der Waals surface area contributed by atoms with Crippen molar-refractivity contribution in [1.82, 2.24) is 10.3 Å². The average Bonchev–Trinajstić information content (AvgIpc) is 2.77. The topological polar surface area (TPSA) is 68.0 Å². The lowest BCUT2D eigenvalue weighted by atomic mass is 10.1. The van der Waals surface area contributed by atoms with Crippen LogP contribution in [0, 0.1) is 5.92 Å². The maximum Gasteiger partial charge on any atom is 0.224 e. The number of amides is 1. The van der Waals surface area contributed by atoms with E-state index in [1.54, 1.807) is 17.5 Å². The summed E-state index contributed by atoms with van der Waals surface area (Å²) in [6.07, 6.45) is 2.59. The Morgan fingerprint density at radius 1 is 1.59 bits per heavy atom. The zero-order valence-corrected chi connectivity index (χ0v) is 12.3. The SMILES string of the molecule is CCC(NC(=O)C(C)CN)c1nccs1.Cl.Cl. The fourth-order valence-corrected chi connectivity index (χ4v) is 1.94. The molecule has 3 N–H and O–H groups in total. The first-order chi connectivity index (χ1) is 7.19. The van der Waals surface area contributed by atoms with Gasteiger partial charge in [-0.3, -0.25) is 4.79 Å². The zero-order valence-electron chi connectivity index (χ0n) is 9.88. The minimum atomic E-state index is -0.140. The smallest absolute Gasteiger partial charge is 0.224 e. The number of hydrogen-bond acceptors (Lipinski definition) is 4. The van der Waals surface area contributed by atoms with Crippen molar-refractivity contribution in [3.63, 3.8) is 0 Å². The van der Waals surface area contributed by atoms with Gasteiger partial charge in [0.25, 0.3) is 0 Å². The molecule has 0 aliphatic carbocycles. The van der Waals surface area contributed by atoms with E-state index in [-0.39, 0.29) is 42.7 Å². The molecule has 2 unspecified atom stereocenters. The van der Waals surface area contributed by atoms with Crippen molar-refractivity contribution >= 4 is 42.1 Å². The molecule has 1 aromatic rings. The number of halogens is 2. The molecule has 1 aromatic heterocycles. The number of nitrogens with one attached hydrogen (secondary N) is 1. The summed E-state index contributed by atoms with van der Waals surface area (Å²) in [6, 6.07) is 0.0199. The van der Waals surface area contributed by atoms with Gasteiger partial charge >= 0.3 is 0 Å². The Morgan fingerprint density at radius 3 is 2.65 bits per heavy atom. The molecule has 17 heavy (non-hydrogen) atoms. The standard InChI is InChI=1S/C10H17N3OS.2ClH/c1-3-8(10-12-4-5-15-10)13-9(14)7(2)6-11;;/h4-5,7-8H,3,6,11H2,1-2H3,(H,13,14);2*1H. The van der Waals surface area contributed by atoms with Gasteiger partial charge < -0.3 is 11.1 Å². The van der Waals surface area contributed by atoms with Crippen molar-refractivity contribution in [2.24, 2.45) is 11.7 Å². The van der Waals surface area contributed by atoms with Gasteiger partial charge in [-0.15, -0.1) is 36.2 Å². The molecular formula is C10H19Cl2N3OS. The van der Waals surface area contributed by atoms with Gasteiger partial charge in [0, 0.05) is 24.0 Å². The molecule has 100 valence electrons. The van der Waals surface area contributed by atoms with Crippen molar-refractivity contribution in [1.29, 1.82) is 0 Å². The van der Waals surface area contributed by atoms with Crippen molar-refractivity contribution in [3.05, 3.63) is 16.6 Å². The highest BCUT2D eigenvalue weighted by Gasteiger charge is 2.18. The summed E-state index contributed by atoms with van der Waals surface area (Å²) < 4.78 is 0. The molecule has 0 aromatic carbocycles. The summed E-state index contributed by atoms with van der Waals surface area (Å²) in [7, 11) is 0. The van der Waals surface area contributed by atoms with Gasteiger partial charge in [-0.05, 0) is 6.42 Å². The van der Waals surface area contributed by atoms with Crippen LogP contribution in [0.4, 0.5) is 0 Å². The molecule has 0 radical (unpaired) electrons. The number of thiazole rings is 1. The maximum atomic E-state index is 11.6. The number of hydrogen-bond donors (Lipinski definition) is 2. The van der Waals surface area contributed by atoms with Gasteiger partial charge in [-0.1, -0.05) is 13.8 Å². The number of carbonyl (C=O) groups is 1. The lowest BCUT2D eigenvalue weighted by Gasteiger charge is -2.17. The third-order valence-electron chi connectivity index (χ3n) is 2.28. The summed E-state index contributed by atoms with van der Waals surface area (Å²) in [5.74, 6) is -0.140. The summed E-state index contributed by atoms with van der Waals surface area (Å²) in [5, 5.41) is 5.82. The molecule has 0 saturated heterocycles. The van der Waals surface area contributed by atoms with E-state index in [0.29, 0.717) is 6.54 Å². The molecule has 1 rings (SSSR count). The lowest BCUT2D eigenvalue weighted by Crippen LogP contribution is -2.35. The van der Waals surface area contributed by atoms with Crippen LogP contribution in [0.3, 0.4) is 0 Å². The Bertz CT molecular complexity index is 309. The Balaban J connectivity index is 0. The van der Waals surface area contributed by atoms with Gasteiger partial charge in [-0.25, -0.2) is 4.98 Å². The van der Waals surface area contributed by atoms with E-state index in [0.717, 1.165) is 11.4 Å². The molecule has 2 atom stereocenters. The molecule has 0 saturated carbocycles. The molecule has 0 fully saturated rings. The molecule has 0 aliphatic heterocycles. The summed E-state index contributed by atoms with van der Waals surface area (Å²) in [4.78, 5) is 15.8. The van der Waals surface area contributed by atoms with Crippen LogP contribution in [0.2, 0.25) is 0 Å². The van der Waals surface area contributed by atoms with Crippen LogP contribution in [0.25, 0.3) is 0 Å². The Morgan fingerprint density at radius 2 is 2.24 bits per heavy atom. The van der Waals surface area contributed by atoms with Crippen molar-refractivity contribution < 1.29 is 4.79 Å². The minimum absolute atomic E-state index is 0. The van der Waals surface area contributed by atoms with Gasteiger partial charge in [0.1, 0.15) is 5.01 Å². The van der Waals surface area contributed by atoms with E-state index < -0.39 is 0 Å². The van der Waals surface area contributed by atoms with E-state index in [9.17, 15) is 4.79 Å². The molecule has 7 heteroatoms. The Kier molecular flexibility index (Phi) is 10.8. The van der Waals surface area contributed by atoms with Gasteiger partial charge in [0.2, 0.25) is 5.91 Å². The first-order valence-corrected chi connectivity index (χ1v) is 5.96. The van der Waals surface area contributed by atoms with Gasteiger partial charge in [0.05, 0.1) is 6.04 Å². The van der Waals surface area contributed by atoms with Crippen molar-refractivity contribution in [3.8, 4) is 0 Å². The first-order valence-electron chi connectivity index (χ1n) is 5.08. The molecule has 4 nitrogen and oxygen atoms in total. The van der Waals surface area contributed by atoms with Crippen LogP contribution in [0.15, 0.2) is 11.6 Å². The summed E-state index contributed by atoms with van der Waals surface area (Å²) >= 11 is 1.56. The van der Waals surface area contributed by atoms with Crippen molar-refractivity contribution in [2.75, 3.05) is 6.54 Å². The lowest BCUT2D eigenvalue weighted by molar-refractivity contribution is -0.125. The predicted molar refractivity (Wildman–Crippen MR) is 76.0 cm³/mol. The quantitative estimate of drug-likeness (QED) is 0.875. The van der Waals surface area contributed by atoms with E-state index in [1.165, 1.54) is 0 Å². The fraction of sp³-hybridized carbons (Fsp3) is 0.600. The molecule has 0 spiro atoms. The number of aromatic nitrogens is 1. The van der Waals surface area contributed by atoms with Crippen LogP contribution in [-0.2, 0) is 4.79 Å². The molecular weight excluding hydrogens is 281 g/mol. The van der Waals surface area contributed by atoms with E-state index in [4.69, 9.17) is 5.73 Å². The maximum absolute atomic E-state index is 11.6. The second-order valence-corrected chi connectivity index (χ2v) is 4.40. The molecule has 0 bridgehead atoms. The monoisotopic (exact) mass is 299 g/mol. The summed E-state index contributed by atoms with van der Waals surface area (Å²) in [6.45, 7) is 4.23. The van der Waals surface area contributed by atoms with Gasteiger partial charge in [-0.2, -0.15) is 0 Å². The van der Waals surface area contributed by atoms with Crippen LogP contribution >= 0.6 is 36.2 Å². The van der Waals surface area contributed by atoms with Crippen LogP contribution in [0.5, 0.6) is 0 Å². The number of nitrogens with two attached hydrogens (primary N) is 1. The first kappa shape index (κ1) is 19.0. The van der Waals surface area contributed by atoms with Crippen LogP contribution in [0.1, 0.15) is 31.3 Å². The predicted octanol–water partition coefficient (Wildman–Crippen LogP) is 2.15. The molecule has 1 amide bonds. The highest BCUT2D eigenvalue weighted by atomic mass is 35.5.